The molecule has 0 aliphatic carbocycles. The smallest absolute Gasteiger partial charge is 0.290 e. The summed E-state index contributed by atoms with van der Waals surface area (Å²) in [5, 5.41) is 20.2. The molecule has 1 atom stereocenters. The normalized spacial score (nSPS) is 17.2. The van der Waals surface area contributed by atoms with Gasteiger partial charge >= 0.3 is 0 Å². The van der Waals surface area contributed by atoms with E-state index in [9.17, 15) is 19.8 Å². The number of nitrogens with zero attached hydrogens (tertiary/aromatic N) is 1. The van der Waals surface area contributed by atoms with Crippen LogP contribution >= 0.6 is 0 Å². The first-order valence-corrected chi connectivity index (χ1v) is 8.07. The molecule has 2 aromatic rings. The maximum Gasteiger partial charge on any atom is 0.290 e. The van der Waals surface area contributed by atoms with E-state index in [1.807, 2.05) is 0 Å². The maximum absolute atomic E-state index is 12.9. The molecule has 3 rings (SSSR count). The number of furan rings is 1. The van der Waals surface area contributed by atoms with Crippen LogP contribution in [0.3, 0.4) is 0 Å². The minimum atomic E-state index is -0.845. The van der Waals surface area contributed by atoms with Crippen molar-refractivity contribution >= 4 is 11.7 Å². The van der Waals surface area contributed by atoms with Crippen molar-refractivity contribution < 1.29 is 29.0 Å². The summed E-state index contributed by atoms with van der Waals surface area (Å²) in [6, 6.07) is 8.52. The Morgan fingerprint density at radius 2 is 2.04 bits per heavy atom. The molecule has 2 heterocycles. The fourth-order valence-corrected chi connectivity index (χ4v) is 3.04. The number of rotatable bonds is 6. The van der Waals surface area contributed by atoms with E-state index in [4.69, 9.17) is 9.15 Å². The molecule has 0 saturated carbocycles. The average Bonchev–Trinajstić information content (AvgIpc) is 3.15. The fraction of sp³-hybridized carbons (Fsp3) is 0.263. The van der Waals surface area contributed by atoms with Crippen LogP contribution in [0.5, 0.6) is 5.75 Å². The number of methoxy groups -OCH3 is 1. The number of ketones is 1. The van der Waals surface area contributed by atoms with Gasteiger partial charge in [-0.15, -0.1) is 0 Å². The summed E-state index contributed by atoms with van der Waals surface area (Å²) in [7, 11) is 1.49. The summed E-state index contributed by atoms with van der Waals surface area (Å²) in [6.45, 7) is 2.10. The number of aryl methyl sites for hydroxylation is 1. The molecule has 0 bridgehead atoms. The summed E-state index contributed by atoms with van der Waals surface area (Å²) in [5.74, 6) is -1.28. The lowest BCUT2D eigenvalue weighted by molar-refractivity contribution is -0.130. The Kier molecular flexibility index (Phi) is 4.81. The molecule has 0 radical (unpaired) electrons. The van der Waals surface area contributed by atoms with Crippen LogP contribution in [0.15, 0.2) is 52.1 Å². The molecule has 2 N–H and O–H groups in total. The highest BCUT2D eigenvalue weighted by molar-refractivity contribution is 6.15. The Morgan fingerprint density at radius 3 is 2.65 bits per heavy atom. The molecule has 1 amide bonds. The number of hydrogen-bond acceptors (Lipinski definition) is 6. The van der Waals surface area contributed by atoms with E-state index in [1.165, 1.54) is 30.2 Å². The first-order valence-electron chi connectivity index (χ1n) is 8.07. The van der Waals surface area contributed by atoms with Gasteiger partial charge in [0.1, 0.15) is 11.5 Å². The first kappa shape index (κ1) is 17.8. The zero-order valence-electron chi connectivity index (χ0n) is 14.4. The number of carbonyl (C=O) groups excluding carboxylic acids is 2. The largest absolute Gasteiger partial charge is 0.508 e. The zero-order chi connectivity index (χ0) is 18.8. The van der Waals surface area contributed by atoms with Crippen molar-refractivity contribution in [2.45, 2.75) is 13.0 Å². The van der Waals surface area contributed by atoms with E-state index in [-0.39, 0.29) is 30.2 Å². The maximum atomic E-state index is 12.9. The van der Waals surface area contributed by atoms with Gasteiger partial charge in [0.25, 0.3) is 5.91 Å². The molecule has 136 valence electrons. The monoisotopic (exact) mass is 357 g/mol. The van der Waals surface area contributed by atoms with E-state index in [2.05, 4.69) is 0 Å². The second-order valence-corrected chi connectivity index (χ2v) is 5.99. The van der Waals surface area contributed by atoms with Gasteiger partial charge in [-0.2, -0.15) is 0 Å². The number of aliphatic hydroxyl groups is 1. The highest BCUT2D eigenvalue weighted by Gasteiger charge is 2.44. The molecular formula is C19H19NO6. The van der Waals surface area contributed by atoms with Crippen molar-refractivity contribution in [2.24, 2.45) is 0 Å². The van der Waals surface area contributed by atoms with Gasteiger partial charge in [-0.1, -0.05) is 12.1 Å². The Balaban J connectivity index is 2.08. The predicted molar refractivity (Wildman–Crippen MR) is 91.9 cm³/mol. The molecule has 7 nitrogen and oxygen atoms in total. The molecule has 1 aliphatic heterocycles. The summed E-state index contributed by atoms with van der Waals surface area (Å²) in [4.78, 5) is 26.8. The summed E-state index contributed by atoms with van der Waals surface area (Å²) < 4.78 is 10.4. The summed E-state index contributed by atoms with van der Waals surface area (Å²) >= 11 is 0. The van der Waals surface area contributed by atoms with E-state index >= 15 is 0 Å². The molecule has 1 aliphatic rings. The van der Waals surface area contributed by atoms with Crippen molar-refractivity contribution in [2.75, 3.05) is 20.3 Å². The van der Waals surface area contributed by atoms with Gasteiger partial charge in [-0.25, -0.2) is 0 Å². The van der Waals surface area contributed by atoms with Gasteiger partial charge in [-0.05, 0) is 36.8 Å². The molecule has 0 unspecified atom stereocenters. The van der Waals surface area contributed by atoms with Crippen LogP contribution in [0.25, 0.3) is 0 Å². The van der Waals surface area contributed by atoms with Crippen molar-refractivity contribution in [1.82, 2.24) is 4.90 Å². The van der Waals surface area contributed by atoms with E-state index in [0.717, 1.165) is 0 Å². The number of benzene rings is 1. The van der Waals surface area contributed by atoms with E-state index in [0.29, 0.717) is 11.3 Å². The minimum absolute atomic E-state index is 0.00586. The van der Waals surface area contributed by atoms with Crippen LogP contribution in [0, 0.1) is 6.92 Å². The van der Waals surface area contributed by atoms with Crippen molar-refractivity contribution in [3.05, 3.63) is 64.8 Å². The standard InChI is InChI=1S/C19H19NO6/c1-11-6-7-14(26-11)17(22)15-16(12-4-3-5-13(21)10-12)20(8-9-25-2)19(24)18(15)23/h3-7,10,16,21,23H,8-9H2,1-2H3/t16-/m0/s1. The third-order valence-corrected chi connectivity index (χ3v) is 4.23. The molecule has 0 fully saturated rings. The third kappa shape index (κ3) is 3.09. The Morgan fingerprint density at radius 1 is 1.27 bits per heavy atom. The fourth-order valence-electron chi connectivity index (χ4n) is 3.04. The highest BCUT2D eigenvalue weighted by atomic mass is 16.5. The zero-order valence-corrected chi connectivity index (χ0v) is 14.4. The Labute approximate surface area is 150 Å². The lowest BCUT2D eigenvalue weighted by atomic mass is 9.95. The van der Waals surface area contributed by atoms with Crippen LogP contribution < -0.4 is 0 Å². The number of ether oxygens (including phenoxy) is 1. The minimum Gasteiger partial charge on any atom is -0.508 e. The average molecular weight is 357 g/mol. The topological polar surface area (TPSA) is 100 Å². The van der Waals surface area contributed by atoms with Gasteiger partial charge in [0.15, 0.2) is 11.5 Å². The quantitative estimate of drug-likeness (QED) is 0.771. The number of carbonyl (C=O) groups is 2. The molecule has 1 aromatic carbocycles. The lowest BCUT2D eigenvalue weighted by Crippen LogP contribution is -2.33. The second kappa shape index (κ2) is 7.05. The second-order valence-electron chi connectivity index (χ2n) is 5.99. The van der Waals surface area contributed by atoms with Crippen molar-refractivity contribution in [3.63, 3.8) is 0 Å². The van der Waals surface area contributed by atoms with Gasteiger partial charge in [0, 0.05) is 13.7 Å². The van der Waals surface area contributed by atoms with Gasteiger partial charge < -0.3 is 24.3 Å². The van der Waals surface area contributed by atoms with Crippen molar-refractivity contribution in [1.29, 1.82) is 0 Å². The molecule has 26 heavy (non-hydrogen) atoms. The summed E-state index contributed by atoms with van der Waals surface area (Å²) in [6.07, 6.45) is 0. The predicted octanol–water partition coefficient (Wildman–Crippen LogP) is 2.52. The number of aromatic hydroxyl groups is 1. The number of hydrogen-bond donors (Lipinski definition) is 2. The number of amides is 1. The van der Waals surface area contributed by atoms with E-state index < -0.39 is 23.5 Å². The third-order valence-electron chi connectivity index (χ3n) is 4.23. The van der Waals surface area contributed by atoms with Crippen LogP contribution in [-0.4, -0.2) is 47.1 Å². The van der Waals surface area contributed by atoms with Gasteiger partial charge in [-0.3, -0.25) is 9.59 Å². The number of aliphatic hydroxyl groups excluding tert-OH is 1. The SMILES string of the molecule is COCCN1C(=O)C(O)=C(C(=O)c2ccc(C)o2)[C@@H]1c1cccc(O)c1. The van der Waals surface area contributed by atoms with E-state index in [1.54, 1.807) is 25.1 Å². The molecule has 0 saturated heterocycles. The first-order chi connectivity index (χ1) is 12.4. The van der Waals surface area contributed by atoms with Gasteiger partial charge in [0.2, 0.25) is 5.78 Å². The van der Waals surface area contributed by atoms with Gasteiger partial charge in [0.05, 0.1) is 18.2 Å². The molecular weight excluding hydrogens is 338 g/mol. The Bertz CT molecular complexity index is 882. The molecule has 1 aromatic heterocycles. The number of phenols is 1. The van der Waals surface area contributed by atoms with Crippen LogP contribution in [0.1, 0.15) is 27.9 Å². The van der Waals surface area contributed by atoms with Crippen molar-refractivity contribution in [3.8, 4) is 5.75 Å². The molecule has 7 heteroatoms. The molecule has 0 spiro atoms. The number of phenolic OH excluding ortho intramolecular Hbond substituents is 1. The van der Waals surface area contributed by atoms with Crippen LogP contribution in [0.4, 0.5) is 0 Å². The van der Waals surface area contributed by atoms with Crippen LogP contribution in [-0.2, 0) is 9.53 Å². The lowest BCUT2D eigenvalue weighted by Gasteiger charge is -2.26. The van der Waals surface area contributed by atoms with Crippen LogP contribution in [0.2, 0.25) is 0 Å². The number of Topliss-reactive ketones (excluding diaryl/α,β-unsaturated/α-hetero) is 1. The highest BCUT2D eigenvalue weighted by Crippen LogP contribution is 2.39. The summed E-state index contributed by atoms with van der Waals surface area (Å²) in [5.41, 5.74) is 0.427. The Hall–Kier alpha value is -3.06.